The van der Waals surface area contributed by atoms with E-state index in [4.69, 9.17) is 23.2 Å². The zero-order chi connectivity index (χ0) is 9.68. The molecule has 0 aliphatic carbocycles. The Morgan fingerprint density at radius 1 is 1.38 bits per heavy atom. The van der Waals surface area contributed by atoms with E-state index in [9.17, 15) is 4.39 Å². The molecule has 0 N–H and O–H groups in total. The number of benzene rings is 1. The second-order valence-corrected chi connectivity index (χ2v) is 4.38. The Labute approximate surface area is 91.4 Å². The van der Waals surface area contributed by atoms with Crippen molar-refractivity contribution in [3.63, 3.8) is 0 Å². The Kier molecular flexibility index (Phi) is 4.92. The van der Waals surface area contributed by atoms with Gasteiger partial charge in [-0.2, -0.15) is 11.8 Å². The van der Waals surface area contributed by atoms with Gasteiger partial charge >= 0.3 is 0 Å². The van der Waals surface area contributed by atoms with Gasteiger partial charge in [-0.3, -0.25) is 0 Å². The summed E-state index contributed by atoms with van der Waals surface area (Å²) in [5.74, 6) is 2.00. The fraction of sp³-hybridized carbons (Fsp3) is 0.333. The lowest BCUT2D eigenvalue weighted by Crippen LogP contribution is -1.85. The average molecular weight is 239 g/mol. The van der Waals surface area contributed by atoms with E-state index in [2.05, 4.69) is 0 Å². The van der Waals surface area contributed by atoms with Crippen LogP contribution >= 0.6 is 35.0 Å². The highest BCUT2D eigenvalue weighted by molar-refractivity contribution is 7.98. The average Bonchev–Trinajstić information content (AvgIpc) is 2.12. The van der Waals surface area contributed by atoms with Gasteiger partial charge < -0.3 is 0 Å². The monoisotopic (exact) mass is 238 g/mol. The molecule has 0 heterocycles. The number of hydrogen-bond acceptors (Lipinski definition) is 1. The molecule has 0 nitrogen and oxygen atoms in total. The van der Waals surface area contributed by atoms with E-state index in [1.54, 1.807) is 23.9 Å². The van der Waals surface area contributed by atoms with Crippen molar-refractivity contribution in [2.24, 2.45) is 0 Å². The van der Waals surface area contributed by atoms with E-state index >= 15 is 0 Å². The lowest BCUT2D eigenvalue weighted by Gasteiger charge is -2.01. The highest BCUT2D eigenvalue weighted by atomic mass is 35.5. The second-order valence-electron chi connectivity index (χ2n) is 2.49. The Morgan fingerprint density at radius 3 is 2.77 bits per heavy atom. The zero-order valence-electron chi connectivity index (χ0n) is 6.90. The largest absolute Gasteiger partial charge is 0.205 e. The van der Waals surface area contributed by atoms with Gasteiger partial charge in [0.05, 0.1) is 5.02 Å². The van der Waals surface area contributed by atoms with E-state index in [0.29, 0.717) is 5.88 Å². The summed E-state index contributed by atoms with van der Waals surface area (Å²) >= 11 is 12.8. The molecule has 1 aromatic rings. The minimum absolute atomic E-state index is 0.184. The fourth-order valence-electron chi connectivity index (χ4n) is 0.874. The molecule has 0 saturated heterocycles. The van der Waals surface area contributed by atoms with Crippen LogP contribution in [0.4, 0.5) is 4.39 Å². The summed E-state index contributed by atoms with van der Waals surface area (Å²) in [4.78, 5) is 0. The van der Waals surface area contributed by atoms with Gasteiger partial charge in [0.25, 0.3) is 0 Å². The Hall–Kier alpha value is 0.0800. The smallest absolute Gasteiger partial charge is 0.141 e. The van der Waals surface area contributed by atoms with Crippen molar-refractivity contribution in [1.29, 1.82) is 0 Å². The minimum Gasteiger partial charge on any atom is -0.205 e. The Morgan fingerprint density at radius 2 is 2.15 bits per heavy atom. The maximum atomic E-state index is 12.7. The first-order chi connectivity index (χ1) is 6.24. The summed E-state index contributed by atoms with van der Waals surface area (Å²) in [6, 6.07) is 4.78. The van der Waals surface area contributed by atoms with Crippen LogP contribution in [0.25, 0.3) is 0 Å². The van der Waals surface area contributed by atoms with Crippen LogP contribution in [-0.4, -0.2) is 11.6 Å². The molecule has 0 bridgehead atoms. The molecule has 1 rings (SSSR count). The molecule has 13 heavy (non-hydrogen) atoms. The van der Waals surface area contributed by atoms with Crippen molar-refractivity contribution in [1.82, 2.24) is 0 Å². The summed E-state index contributed by atoms with van der Waals surface area (Å²) in [5.41, 5.74) is 1.03. The third-order valence-electron chi connectivity index (χ3n) is 1.47. The number of halogens is 3. The maximum Gasteiger partial charge on any atom is 0.141 e. The molecule has 0 fully saturated rings. The lowest BCUT2D eigenvalue weighted by molar-refractivity contribution is 0.628. The zero-order valence-corrected chi connectivity index (χ0v) is 9.22. The number of alkyl halides is 1. The minimum atomic E-state index is -0.368. The lowest BCUT2D eigenvalue weighted by atomic mass is 10.2. The van der Waals surface area contributed by atoms with Gasteiger partial charge in [-0.1, -0.05) is 17.7 Å². The number of rotatable bonds is 4. The normalized spacial score (nSPS) is 10.4. The molecule has 0 atom stereocenters. The Balaban J connectivity index is 2.53. The molecule has 1 aromatic carbocycles. The van der Waals surface area contributed by atoms with Crippen LogP contribution in [0.1, 0.15) is 5.56 Å². The van der Waals surface area contributed by atoms with Crippen molar-refractivity contribution >= 4 is 35.0 Å². The molecule has 0 amide bonds. The van der Waals surface area contributed by atoms with Gasteiger partial charge in [0.15, 0.2) is 0 Å². The van der Waals surface area contributed by atoms with Crippen LogP contribution in [0.2, 0.25) is 5.02 Å². The van der Waals surface area contributed by atoms with Crippen LogP contribution in [0.15, 0.2) is 18.2 Å². The molecule has 0 saturated carbocycles. The summed E-state index contributed by atoms with van der Waals surface area (Å²) in [7, 11) is 0. The van der Waals surface area contributed by atoms with Crippen molar-refractivity contribution < 1.29 is 4.39 Å². The third-order valence-corrected chi connectivity index (χ3v) is 3.21. The summed E-state index contributed by atoms with van der Waals surface area (Å²) in [6.07, 6.45) is 0. The Bertz CT molecular complexity index is 278. The van der Waals surface area contributed by atoms with Crippen molar-refractivity contribution in [3.05, 3.63) is 34.6 Å². The first-order valence-corrected chi connectivity index (χ1v) is 5.88. The summed E-state index contributed by atoms with van der Waals surface area (Å²) < 4.78 is 12.7. The quantitative estimate of drug-likeness (QED) is 0.566. The van der Waals surface area contributed by atoms with Crippen LogP contribution in [0, 0.1) is 5.82 Å². The van der Waals surface area contributed by atoms with Gasteiger partial charge in [0.2, 0.25) is 0 Å². The maximum absolute atomic E-state index is 12.7. The van der Waals surface area contributed by atoms with Gasteiger partial charge in [-0.05, 0) is 17.7 Å². The van der Waals surface area contributed by atoms with Crippen LogP contribution in [0.3, 0.4) is 0 Å². The molecule has 72 valence electrons. The summed E-state index contributed by atoms with van der Waals surface area (Å²) in [6.45, 7) is 0. The van der Waals surface area contributed by atoms with E-state index in [1.807, 2.05) is 0 Å². The highest BCUT2D eigenvalue weighted by Gasteiger charge is 2.00. The van der Waals surface area contributed by atoms with Gasteiger partial charge in [0, 0.05) is 17.4 Å². The predicted molar refractivity (Wildman–Crippen MR) is 58.3 cm³/mol. The van der Waals surface area contributed by atoms with E-state index in [0.717, 1.165) is 17.1 Å². The fourth-order valence-corrected chi connectivity index (χ4v) is 2.07. The van der Waals surface area contributed by atoms with Crippen molar-refractivity contribution in [2.45, 2.75) is 5.75 Å². The number of thioether (sulfide) groups is 1. The number of hydrogen-bond donors (Lipinski definition) is 0. The molecule has 4 heteroatoms. The van der Waals surface area contributed by atoms with Gasteiger partial charge in [-0.25, -0.2) is 4.39 Å². The molecule has 0 aromatic heterocycles. The topological polar surface area (TPSA) is 0 Å². The van der Waals surface area contributed by atoms with Crippen LogP contribution in [0.5, 0.6) is 0 Å². The van der Waals surface area contributed by atoms with Crippen LogP contribution in [-0.2, 0) is 5.75 Å². The van der Waals surface area contributed by atoms with Gasteiger partial charge in [-0.15, -0.1) is 11.6 Å². The highest BCUT2D eigenvalue weighted by Crippen LogP contribution is 2.19. The van der Waals surface area contributed by atoms with Crippen LogP contribution < -0.4 is 0 Å². The predicted octanol–water partition coefficient (Wildman–Crippen LogP) is 3.95. The molecule has 0 aliphatic heterocycles. The second kappa shape index (κ2) is 5.74. The van der Waals surface area contributed by atoms with E-state index in [-0.39, 0.29) is 10.8 Å². The molecule has 0 radical (unpaired) electrons. The SMILES string of the molecule is Fc1ccc(CSCCCl)cc1Cl. The third kappa shape index (κ3) is 3.75. The van der Waals surface area contributed by atoms with E-state index < -0.39 is 0 Å². The molecule has 0 spiro atoms. The van der Waals surface area contributed by atoms with Crippen molar-refractivity contribution in [2.75, 3.05) is 11.6 Å². The van der Waals surface area contributed by atoms with E-state index in [1.165, 1.54) is 6.07 Å². The molecular weight excluding hydrogens is 230 g/mol. The standard InChI is InChI=1S/C9H9Cl2FS/c10-3-4-13-6-7-1-2-9(12)8(11)5-7/h1-2,5H,3-4,6H2. The summed E-state index contributed by atoms with van der Waals surface area (Å²) in [5, 5.41) is 0.184. The molecule has 0 aliphatic rings. The van der Waals surface area contributed by atoms with Crippen molar-refractivity contribution in [3.8, 4) is 0 Å². The van der Waals surface area contributed by atoms with Gasteiger partial charge in [0.1, 0.15) is 5.82 Å². The first kappa shape index (κ1) is 11.2. The molecule has 0 unspecified atom stereocenters. The molecular formula is C9H9Cl2FS. The first-order valence-electron chi connectivity index (χ1n) is 3.81.